The van der Waals surface area contributed by atoms with Crippen molar-refractivity contribution in [1.29, 1.82) is 0 Å². The second-order valence-corrected chi connectivity index (χ2v) is 12.9. The number of benzene rings is 2. The maximum atomic E-state index is 14.3. The van der Waals surface area contributed by atoms with Crippen LogP contribution in [0.1, 0.15) is 65.8 Å². The van der Waals surface area contributed by atoms with Crippen molar-refractivity contribution in [1.82, 2.24) is 14.4 Å². The van der Waals surface area contributed by atoms with Gasteiger partial charge >= 0.3 is 0 Å². The number of anilines is 1. The Labute approximate surface area is 260 Å². The van der Waals surface area contributed by atoms with Gasteiger partial charge in [-0.2, -0.15) is 0 Å². The van der Waals surface area contributed by atoms with Crippen molar-refractivity contribution in [3.05, 3.63) is 113 Å². The summed E-state index contributed by atoms with van der Waals surface area (Å²) < 4.78 is 8.18. The first-order valence-corrected chi connectivity index (χ1v) is 16.1. The minimum atomic E-state index is -0.673. The van der Waals surface area contributed by atoms with Gasteiger partial charge in [-0.15, -0.1) is 0 Å². The zero-order valence-corrected chi connectivity index (χ0v) is 25.8. The fraction of sp³-hybridized carbons (Fsp3) is 0.405. The number of carbonyl (C=O) groups is 2. The van der Waals surface area contributed by atoms with Crippen LogP contribution in [0.25, 0.3) is 0 Å². The fourth-order valence-corrected chi connectivity index (χ4v) is 7.65. The Balaban J connectivity index is 1.18. The first kappa shape index (κ1) is 28.8. The van der Waals surface area contributed by atoms with Gasteiger partial charge in [-0.3, -0.25) is 9.59 Å². The third kappa shape index (κ3) is 5.22. The topological polar surface area (TPSA) is 58.0 Å². The number of para-hydroxylation sites is 1. The highest BCUT2D eigenvalue weighted by Crippen LogP contribution is 2.39. The number of aromatic nitrogens is 1. The zero-order chi connectivity index (χ0) is 30.3. The minimum absolute atomic E-state index is 0.00708. The van der Waals surface area contributed by atoms with E-state index in [0.717, 1.165) is 61.5 Å². The Hall–Kier alpha value is -3.94. The maximum absolute atomic E-state index is 14.3. The number of fused-ring (bicyclic) bond motifs is 2. The molecule has 1 aliphatic carbocycles. The highest BCUT2D eigenvalue weighted by atomic mass is 16.5. The van der Waals surface area contributed by atoms with E-state index in [-0.39, 0.29) is 23.8 Å². The van der Waals surface area contributed by atoms with Crippen LogP contribution in [0.15, 0.2) is 90.5 Å². The normalized spacial score (nSPS) is 25.0. The van der Waals surface area contributed by atoms with Crippen LogP contribution in [0, 0.1) is 0 Å². The third-order valence-electron chi connectivity index (χ3n) is 10.1. The molecule has 7 nitrogen and oxygen atoms in total. The number of nitrogens with zero attached hydrogens (tertiary/aromatic N) is 4. The Kier molecular flexibility index (Phi) is 7.77. The van der Waals surface area contributed by atoms with Crippen molar-refractivity contribution in [3.63, 3.8) is 0 Å². The molecule has 228 valence electrons. The quantitative estimate of drug-likeness (QED) is 0.366. The lowest BCUT2D eigenvalue weighted by molar-refractivity contribution is -0.115. The number of rotatable bonds is 6. The second kappa shape index (κ2) is 11.9. The van der Waals surface area contributed by atoms with E-state index in [9.17, 15) is 9.59 Å². The van der Waals surface area contributed by atoms with Crippen LogP contribution in [0.4, 0.5) is 5.69 Å². The van der Waals surface area contributed by atoms with E-state index in [4.69, 9.17) is 4.74 Å². The van der Waals surface area contributed by atoms with Crippen LogP contribution in [-0.4, -0.2) is 71.1 Å². The van der Waals surface area contributed by atoms with Gasteiger partial charge < -0.3 is 24.0 Å². The van der Waals surface area contributed by atoms with E-state index in [1.807, 2.05) is 72.5 Å². The first-order chi connectivity index (χ1) is 21.4. The van der Waals surface area contributed by atoms with Crippen molar-refractivity contribution in [2.75, 3.05) is 38.2 Å². The molecule has 4 heterocycles. The smallest absolute Gasteiger partial charge is 0.270 e. The largest absolute Gasteiger partial charge is 0.373 e. The summed E-state index contributed by atoms with van der Waals surface area (Å²) in [4.78, 5) is 34.9. The molecule has 3 aromatic rings. The molecular weight excluding hydrogens is 548 g/mol. The van der Waals surface area contributed by atoms with Crippen molar-refractivity contribution in [2.45, 2.75) is 63.3 Å². The molecule has 2 unspecified atom stereocenters. The number of amides is 2. The summed E-state index contributed by atoms with van der Waals surface area (Å²) in [5, 5.41) is 0. The van der Waals surface area contributed by atoms with Crippen molar-refractivity contribution >= 4 is 17.5 Å². The molecule has 2 aromatic carbocycles. The fourth-order valence-electron chi connectivity index (χ4n) is 7.65. The van der Waals surface area contributed by atoms with Crippen LogP contribution in [0.5, 0.6) is 0 Å². The molecule has 7 heteroatoms. The summed E-state index contributed by atoms with van der Waals surface area (Å²) >= 11 is 0. The lowest BCUT2D eigenvalue weighted by Crippen LogP contribution is -2.43. The number of hydrogen-bond donors (Lipinski definition) is 0. The van der Waals surface area contributed by atoms with E-state index in [1.165, 1.54) is 12.8 Å². The molecule has 2 saturated heterocycles. The van der Waals surface area contributed by atoms with E-state index in [1.54, 1.807) is 7.11 Å². The molecule has 0 spiro atoms. The Morgan fingerprint density at radius 2 is 1.66 bits per heavy atom. The van der Waals surface area contributed by atoms with Crippen molar-refractivity contribution in [2.24, 2.45) is 0 Å². The standard InChI is InChI=1S/C37H42N4O3/c1-37(44-2)23-28(16-18-32(37)27-11-4-3-5-12-27)35(42)41-26-31-17-19-34(40(31)24-29-13-6-7-15-33(29)41)36(43)39-22-10-14-30(39)25-38-20-8-9-21-38/h3-7,11-13,15-19,23,30,32H,8-10,14,20-22,24-26H2,1-2H3/t30-,32?,37?/m0/s1. The summed E-state index contributed by atoms with van der Waals surface area (Å²) in [6.45, 7) is 7.03. The van der Waals surface area contributed by atoms with Crippen LogP contribution in [0.2, 0.25) is 0 Å². The van der Waals surface area contributed by atoms with Gasteiger partial charge in [0, 0.05) is 49.1 Å². The van der Waals surface area contributed by atoms with Crippen LogP contribution in [0.3, 0.4) is 0 Å². The van der Waals surface area contributed by atoms with Gasteiger partial charge in [0.05, 0.1) is 18.7 Å². The zero-order valence-electron chi connectivity index (χ0n) is 25.8. The van der Waals surface area contributed by atoms with Gasteiger partial charge in [0.25, 0.3) is 11.8 Å². The summed E-state index contributed by atoms with van der Waals surface area (Å²) in [5.41, 5.74) is 4.66. The summed E-state index contributed by atoms with van der Waals surface area (Å²) in [7, 11) is 1.70. The molecule has 2 fully saturated rings. The molecule has 0 bridgehead atoms. The van der Waals surface area contributed by atoms with Crippen molar-refractivity contribution < 1.29 is 14.3 Å². The van der Waals surface area contributed by atoms with Gasteiger partial charge in [0.15, 0.2) is 0 Å². The summed E-state index contributed by atoms with van der Waals surface area (Å²) in [6, 6.07) is 22.6. The molecule has 7 rings (SSSR count). The van der Waals surface area contributed by atoms with E-state index in [2.05, 4.69) is 38.6 Å². The third-order valence-corrected chi connectivity index (χ3v) is 10.1. The van der Waals surface area contributed by atoms with Crippen LogP contribution < -0.4 is 4.90 Å². The molecule has 1 aromatic heterocycles. The first-order valence-electron chi connectivity index (χ1n) is 16.1. The monoisotopic (exact) mass is 590 g/mol. The highest BCUT2D eigenvalue weighted by Gasteiger charge is 2.38. The highest BCUT2D eigenvalue weighted by molar-refractivity contribution is 6.08. The van der Waals surface area contributed by atoms with Gasteiger partial charge in [0.2, 0.25) is 0 Å². The molecule has 0 radical (unpaired) electrons. The minimum Gasteiger partial charge on any atom is -0.373 e. The predicted molar refractivity (Wildman–Crippen MR) is 173 cm³/mol. The van der Waals surface area contributed by atoms with Crippen LogP contribution in [-0.2, 0) is 22.6 Å². The Morgan fingerprint density at radius 3 is 2.45 bits per heavy atom. The van der Waals surface area contributed by atoms with E-state index >= 15 is 0 Å². The van der Waals surface area contributed by atoms with Crippen molar-refractivity contribution in [3.8, 4) is 0 Å². The molecular formula is C37H42N4O3. The lowest BCUT2D eigenvalue weighted by Gasteiger charge is -2.36. The number of hydrogen-bond acceptors (Lipinski definition) is 4. The van der Waals surface area contributed by atoms with E-state index < -0.39 is 5.60 Å². The molecule has 0 N–H and O–H groups in total. The molecule has 3 atom stereocenters. The average Bonchev–Trinajstić information content (AvgIpc) is 3.81. The lowest BCUT2D eigenvalue weighted by atomic mass is 9.78. The molecule has 4 aliphatic rings. The SMILES string of the molecule is COC1(C)C=C(C(=O)N2Cc3ccc(C(=O)N4CCC[C@H]4CN4CCCC4)n3Cc3ccccc32)C=CC1c1ccccc1. The number of carbonyl (C=O) groups excluding carboxylic acids is 2. The maximum Gasteiger partial charge on any atom is 0.270 e. The van der Waals surface area contributed by atoms with Gasteiger partial charge in [-0.1, -0.05) is 60.7 Å². The Bertz CT molecular complexity index is 1600. The molecule has 3 aliphatic heterocycles. The van der Waals surface area contributed by atoms with Gasteiger partial charge in [-0.25, -0.2) is 0 Å². The predicted octanol–water partition coefficient (Wildman–Crippen LogP) is 5.77. The number of likely N-dealkylation sites (tertiary alicyclic amines) is 2. The molecule has 2 amide bonds. The average molecular weight is 591 g/mol. The molecule has 44 heavy (non-hydrogen) atoms. The second-order valence-electron chi connectivity index (χ2n) is 12.9. The number of methoxy groups -OCH3 is 1. The van der Waals surface area contributed by atoms with Gasteiger partial charge in [0.1, 0.15) is 5.69 Å². The summed E-state index contributed by atoms with van der Waals surface area (Å²) in [6.07, 6.45) is 10.6. The van der Waals surface area contributed by atoms with E-state index in [0.29, 0.717) is 24.4 Å². The molecule has 0 saturated carbocycles. The number of ether oxygens (including phenoxy) is 1. The summed E-state index contributed by atoms with van der Waals surface area (Å²) in [5.74, 6) is 0.0273. The Morgan fingerprint density at radius 1 is 0.886 bits per heavy atom. The van der Waals surface area contributed by atoms with Crippen LogP contribution >= 0.6 is 0 Å². The van der Waals surface area contributed by atoms with Gasteiger partial charge in [-0.05, 0) is 81.1 Å².